The number of carbonyl (C=O) groups excluding carboxylic acids is 4. The molecule has 1 aliphatic heterocycles. The van der Waals surface area contributed by atoms with Crippen molar-refractivity contribution < 1.29 is 33.8 Å². The van der Waals surface area contributed by atoms with Gasteiger partial charge >= 0.3 is 12.2 Å². The molecule has 58 heavy (non-hydrogen) atoms. The number of hydrogen-bond donors (Lipinski definition) is 6. The first kappa shape index (κ1) is 41.3. The monoisotopic (exact) mass is 793 g/mol. The van der Waals surface area contributed by atoms with E-state index in [0.717, 1.165) is 40.7 Å². The number of aryl methyl sites for hydroxylation is 1. The van der Waals surface area contributed by atoms with Crippen molar-refractivity contribution in [3.8, 4) is 22.5 Å². The van der Waals surface area contributed by atoms with Gasteiger partial charge in [0.05, 0.1) is 0 Å². The van der Waals surface area contributed by atoms with Gasteiger partial charge in [0.1, 0.15) is 11.6 Å². The van der Waals surface area contributed by atoms with Crippen molar-refractivity contribution in [2.75, 3.05) is 25.0 Å². The van der Waals surface area contributed by atoms with Crippen LogP contribution < -0.4 is 21.3 Å². The third-order valence-electron chi connectivity index (χ3n) is 10.5. The number of anilines is 1. The summed E-state index contributed by atoms with van der Waals surface area (Å²) in [5, 5.41) is 35.0. The number of nitrogens with one attached hydrogen (secondary N) is 5. The van der Waals surface area contributed by atoms with E-state index < -0.39 is 23.8 Å². The van der Waals surface area contributed by atoms with Crippen molar-refractivity contribution in [3.63, 3.8) is 0 Å². The first-order chi connectivity index (χ1) is 27.7. The average molecular weight is 794 g/mol. The number of hydrogen-bond acceptors (Lipinski definition) is 9. The Morgan fingerprint density at radius 3 is 2.26 bits per heavy atom. The van der Waals surface area contributed by atoms with Gasteiger partial charge in [-0.3, -0.25) is 14.4 Å². The molecule has 1 aromatic heterocycles. The molecule has 2 aliphatic rings. The number of tetrazole rings is 1. The topological polar surface area (TPSA) is 221 Å². The minimum atomic E-state index is -0.989. The van der Waals surface area contributed by atoms with Gasteiger partial charge in [-0.2, -0.15) is 5.21 Å². The Morgan fingerprint density at radius 2 is 1.64 bits per heavy atom. The summed E-state index contributed by atoms with van der Waals surface area (Å²) in [4.78, 5) is 65.2. The summed E-state index contributed by atoms with van der Waals surface area (Å²) in [6, 6.07) is 19.1. The van der Waals surface area contributed by atoms with Gasteiger partial charge in [-0.25, -0.2) is 9.59 Å². The number of nitrogens with zero attached hydrogens (tertiary/aromatic N) is 4. The zero-order valence-corrected chi connectivity index (χ0v) is 33.2. The van der Waals surface area contributed by atoms with E-state index in [4.69, 9.17) is 4.74 Å². The van der Waals surface area contributed by atoms with Gasteiger partial charge < -0.3 is 36.0 Å². The van der Waals surface area contributed by atoms with Crippen LogP contribution in [-0.4, -0.2) is 97.9 Å². The maximum absolute atomic E-state index is 13.8. The molecule has 1 saturated carbocycles. The molecule has 1 aliphatic carbocycles. The zero-order valence-electron chi connectivity index (χ0n) is 33.2. The fourth-order valence-corrected chi connectivity index (χ4v) is 7.39. The molecule has 0 spiro atoms. The number of amides is 5. The smallest absolute Gasteiger partial charge is 0.407 e. The lowest BCUT2D eigenvalue weighted by molar-refractivity contribution is -0.130. The number of alkyl carbamates (subject to hydrolysis) is 1. The highest BCUT2D eigenvalue weighted by Gasteiger charge is 2.31. The molecule has 0 radical (unpaired) electrons. The minimum absolute atomic E-state index is 0.185. The Labute approximate surface area is 336 Å². The number of carbonyl (C=O) groups is 5. The highest BCUT2D eigenvalue weighted by molar-refractivity contribution is 5.98. The molecule has 2 heterocycles. The number of H-pyrrole nitrogens is 1. The van der Waals surface area contributed by atoms with Crippen LogP contribution in [0.2, 0.25) is 0 Å². The highest BCUT2D eigenvalue weighted by atomic mass is 16.6. The maximum Gasteiger partial charge on any atom is 0.407 e. The number of rotatable bonds is 12. The van der Waals surface area contributed by atoms with E-state index in [1.807, 2.05) is 64.1 Å². The van der Waals surface area contributed by atoms with Crippen LogP contribution >= 0.6 is 0 Å². The Kier molecular flexibility index (Phi) is 13.0. The Morgan fingerprint density at radius 1 is 0.931 bits per heavy atom. The van der Waals surface area contributed by atoms with E-state index in [1.54, 1.807) is 30.3 Å². The van der Waals surface area contributed by atoms with Gasteiger partial charge in [-0.15, -0.1) is 10.2 Å². The first-order valence-corrected chi connectivity index (χ1v) is 19.6. The third-order valence-corrected chi connectivity index (χ3v) is 10.5. The van der Waals surface area contributed by atoms with Crippen LogP contribution in [0.1, 0.15) is 74.4 Å². The van der Waals surface area contributed by atoms with Gasteiger partial charge in [0.15, 0.2) is 0 Å². The molecule has 3 aromatic carbocycles. The molecule has 2 fully saturated rings. The number of aromatic amines is 1. The second-order valence-electron chi connectivity index (χ2n) is 16.1. The van der Waals surface area contributed by atoms with Crippen molar-refractivity contribution in [3.05, 3.63) is 83.4 Å². The molecule has 16 nitrogen and oxygen atoms in total. The quantitative estimate of drug-likeness (QED) is 0.108. The summed E-state index contributed by atoms with van der Waals surface area (Å²) in [7, 11) is 0. The minimum Gasteiger partial charge on any atom is -0.465 e. The molecular weight excluding hydrogens is 743 g/mol. The predicted octanol–water partition coefficient (Wildman–Crippen LogP) is 5.32. The van der Waals surface area contributed by atoms with E-state index in [1.165, 1.54) is 4.90 Å². The van der Waals surface area contributed by atoms with Crippen molar-refractivity contribution >= 4 is 35.6 Å². The lowest BCUT2D eigenvalue weighted by Crippen LogP contribution is -2.48. The second-order valence-corrected chi connectivity index (χ2v) is 16.1. The first-order valence-electron chi connectivity index (χ1n) is 19.6. The Hall–Kier alpha value is -6.32. The van der Waals surface area contributed by atoms with Gasteiger partial charge in [0.25, 0.3) is 5.91 Å². The molecule has 16 heteroatoms. The van der Waals surface area contributed by atoms with Crippen molar-refractivity contribution in [1.82, 2.24) is 41.5 Å². The Bertz CT molecular complexity index is 2080. The summed E-state index contributed by atoms with van der Waals surface area (Å²) in [5.74, 6) is -0.415. The molecule has 6 rings (SSSR count). The van der Waals surface area contributed by atoms with Gasteiger partial charge in [-0.05, 0) is 130 Å². The lowest BCUT2D eigenvalue weighted by atomic mass is 9.81. The van der Waals surface area contributed by atoms with E-state index >= 15 is 0 Å². The normalized spacial score (nSPS) is 18.5. The van der Waals surface area contributed by atoms with Crippen LogP contribution in [-0.2, 0) is 20.7 Å². The SMILES string of the molecule is Cc1cc(C(=O)N[C@H]2CCN(C(=O)O)C2)ccc1-c1ccc(C[C@H](NC(=O)C2CCC(CNC(=O)OC(C)(C)C)CC2)C(=O)Nc2ccc(-c3nn[nH]n3)cc2)cc1. The third kappa shape index (κ3) is 11.2. The fraction of sp³-hybridized carbons (Fsp3) is 0.429. The molecule has 6 N–H and O–H groups in total. The molecule has 2 atom stereocenters. The van der Waals surface area contributed by atoms with Crippen LogP contribution in [0.15, 0.2) is 66.7 Å². The summed E-state index contributed by atoms with van der Waals surface area (Å²) >= 11 is 0. The number of aromatic nitrogens is 4. The van der Waals surface area contributed by atoms with Crippen LogP contribution in [0, 0.1) is 18.8 Å². The molecule has 0 unspecified atom stereocenters. The number of carboxylic acid groups (broad SMARTS) is 1. The standard InChI is InChI=1S/C42H51N9O7/c1-25-21-31(38(53)45-33-19-20-51(24-33)41(56)57)15-18-34(25)28-9-5-26(6-10-28)22-35(39(54)44-32-16-13-29(14-17-32)36-47-49-50-48-36)46-37(52)30-11-7-27(8-12-30)23-43-40(55)58-42(2,3)4/h5-6,9-10,13-18,21,27,30,33,35H,7-8,11-12,19-20,22-24H2,1-4H3,(H,43,55)(H,44,54)(H,45,53)(H,46,52)(H,56,57)(H,47,48,49,50)/t27?,30?,33-,35-/m0/s1. The fourth-order valence-electron chi connectivity index (χ4n) is 7.39. The summed E-state index contributed by atoms with van der Waals surface area (Å²) in [6.45, 7) is 8.51. The van der Waals surface area contributed by atoms with E-state index in [9.17, 15) is 29.1 Å². The van der Waals surface area contributed by atoms with E-state index in [0.29, 0.717) is 49.4 Å². The van der Waals surface area contributed by atoms with Gasteiger partial charge in [0, 0.05) is 54.8 Å². The number of likely N-dealkylation sites (tertiary alicyclic amines) is 1. The Balaban J connectivity index is 1.10. The highest BCUT2D eigenvalue weighted by Crippen LogP contribution is 2.30. The van der Waals surface area contributed by atoms with E-state index in [2.05, 4.69) is 41.9 Å². The van der Waals surface area contributed by atoms with Crippen LogP contribution in [0.25, 0.3) is 22.5 Å². The molecule has 4 aromatic rings. The average Bonchev–Trinajstić information content (AvgIpc) is 3.91. The molecule has 1 saturated heterocycles. The second kappa shape index (κ2) is 18.3. The van der Waals surface area contributed by atoms with Crippen LogP contribution in [0.5, 0.6) is 0 Å². The maximum atomic E-state index is 13.8. The van der Waals surface area contributed by atoms with Gasteiger partial charge in [0.2, 0.25) is 17.6 Å². The largest absolute Gasteiger partial charge is 0.465 e. The molecular formula is C42H51N9O7. The number of benzene rings is 3. The lowest BCUT2D eigenvalue weighted by Gasteiger charge is -2.29. The van der Waals surface area contributed by atoms with Crippen LogP contribution in [0.3, 0.4) is 0 Å². The summed E-state index contributed by atoms with van der Waals surface area (Å²) < 4.78 is 5.35. The van der Waals surface area contributed by atoms with Crippen LogP contribution in [0.4, 0.5) is 15.3 Å². The van der Waals surface area contributed by atoms with Crippen molar-refractivity contribution in [2.45, 2.75) is 83.9 Å². The van der Waals surface area contributed by atoms with Crippen molar-refractivity contribution in [2.24, 2.45) is 11.8 Å². The number of ether oxygens (including phenoxy) is 1. The summed E-state index contributed by atoms with van der Waals surface area (Å²) in [5.41, 5.74) is 4.77. The molecule has 306 valence electrons. The molecule has 5 amide bonds. The van der Waals surface area contributed by atoms with Gasteiger partial charge in [-0.1, -0.05) is 30.3 Å². The summed E-state index contributed by atoms with van der Waals surface area (Å²) in [6.07, 6.45) is 2.16. The van der Waals surface area contributed by atoms with Crippen molar-refractivity contribution in [1.29, 1.82) is 0 Å². The zero-order chi connectivity index (χ0) is 41.4. The van der Waals surface area contributed by atoms with E-state index in [-0.39, 0.29) is 48.6 Å². The molecule has 0 bridgehead atoms. The predicted molar refractivity (Wildman–Crippen MR) is 216 cm³/mol.